The van der Waals surface area contributed by atoms with Crippen molar-refractivity contribution in [3.05, 3.63) is 146 Å². The molecule has 0 unspecified atom stereocenters. The number of hydrogen-bond donors (Lipinski definition) is 0. The first-order chi connectivity index (χ1) is 21.3. The Labute approximate surface area is 252 Å². The maximum atomic E-state index is 2.43. The fourth-order valence-corrected chi connectivity index (χ4v) is 8.67. The summed E-state index contributed by atoms with van der Waals surface area (Å²) in [5.41, 5.74) is 5.19. The Bertz CT molecular complexity index is 2670. The lowest BCUT2D eigenvalue weighted by atomic mass is 9.83. The van der Waals surface area contributed by atoms with Crippen LogP contribution in [0.2, 0.25) is 0 Å². The molecule has 43 heavy (non-hydrogen) atoms. The van der Waals surface area contributed by atoms with Crippen LogP contribution in [0.4, 0.5) is 0 Å². The molecule has 0 nitrogen and oxygen atoms in total. The molecule has 1 aromatic heterocycles. The molecule has 10 rings (SSSR count). The van der Waals surface area contributed by atoms with Crippen molar-refractivity contribution in [1.82, 2.24) is 0 Å². The number of fused-ring (bicyclic) bond motifs is 5. The summed E-state index contributed by atoms with van der Waals surface area (Å²) >= 11 is 1.88. The van der Waals surface area contributed by atoms with Crippen LogP contribution in [0.5, 0.6) is 0 Å². The van der Waals surface area contributed by atoms with Crippen molar-refractivity contribution in [2.75, 3.05) is 0 Å². The lowest BCUT2D eigenvalue weighted by Crippen LogP contribution is -1.93. The molecule has 0 aliphatic heterocycles. The highest BCUT2D eigenvalue weighted by molar-refractivity contribution is 7.25. The van der Waals surface area contributed by atoms with E-state index in [1.807, 2.05) is 11.3 Å². The zero-order valence-electron chi connectivity index (χ0n) is 23.3. The Hall–Kier alpha value is -5.24. The van der Waals surface area contributed by atoms with Crippen molar-refractivity contribution in [2.24, 2.45) is 0 Å². The Morgan fingerprint density at radius 1 is 0.326 bits per heavy atom. The molecule has 1 heteroatoms. The molecule has 10 aromatic rings. The molecule has 0 aliphatic carbocycles. The molecule has 0 amide bonds. The van der Waals surface area contributed by atoms with Crippen LogP contribution in [0.25, 0.3) is 96.3 Å². The smallest absolute Gasteiger partial charge is 0.0355 e. The molecule has 0 spiro atoms. The van der Waals surface area contributed by atoms with E-state index < -0.39 is 0 Å². The van der Waals surface area contributed by atoms with Crippen molar-refractivity contribution in [3.63, 3.8) is 0 Å². The van der Waals surface area contributed by atoms with Gasteiger partial charge >= 0.3 is 0 Å². The van der Waals surface area contributed by atoms with Crippen LogP contribution in [-0.2, 0) is 0 Å². The molecular formula is C42H24S. The topological polar surface area (TPSA) is 0 Å². The van der Waals surface area contributed by atoms with Gasteiger partial charge in [-0.15, -0.1) is 11.3 Å². The maximum Gasteiger partial charge on any atom is 0.0355 e. The Morgan fingerprint density at radius 3 is 1.63 bits per heavy atom. The van der Waals surface area contributed by atoms with E-state index >= 15 is 0 Å². The predicted octanol–water partition coefficient (Wildman–Crippen LogP) is 12.6. The molecule has 0 saturated carbocycles. The standard InChI is InChI=1S/C42H24S/c1-3-15-32-30(13-1)40(28-21-22-38-35(23-28)29-12-5-6-18-37(29)43-38)31-14-2-4-16-33(31)42(32)36-24-27-11-7-9-25-19-20-26-10-8-17-34(36)41(26)39(25)27/h1-24H. The SMILES string of the molecule is c1cc2ccc3cccc4c(-c5c6ccccc6c(-c6ccc7sc8ccccc8c7c6)c6ccccc56)cc(c1)c2c34. The minimum atomic E-state index is 1.27. The van der Waals surface area contributed by atoms with Crippen LogP contribution in [0, 0.1) is 0 Å². The highest BCUT2D eigenvalue weighted by atomic mass is 32.1. The van der Waals surface area contributed by atoms with E-state index in [9.17, 15) is 0 Å². The third-order valence-corrected chi connectivity index (χ3v) is 10.5. The van der Waals surface area contributed by atoms with Crippen LogP contribution >= 0.6 is 11.3 Å². The molecule has 0 radical (unpaired) electrons. The highest BCUT2D eigenvalue weighted by Gasteiger charge is 2.20. The average Bonchev–Trinajstić information content (AvgIpc) is 3.44. The van der Waals surface area contributed by atoms with Gasteiger partial charge in [0.15, 0.2) is 0 Å². The Kier molecular flexibility index (Phi) is 4.69. The highest BCUT2D eigenvalue weighted by Crippen LogP contribution is 2.48. The summed E-state index contributed by atoms with van der Waals surface area (Å²) in [7, 11) is 0. The van der Waals surface area contributed by atoms with Gasteiger partial charge in [0.25, 0.3) is 0 Å². The number of hydrogen-bond acceptors (Lipinski definition) is 1. The summed E-state index contributed by atoms with van der Waals surface area (Å²) in [4.78, 5) is 0. The summed E-state index contributed by atoms with van der Waals surface area (Å²) in [5, 5.41) is 15.8. The van der Waals surface area contributed by atoms with Crippen molar-refractivity contribution < 1.29 is 0 Å². The second-order valence-corrected chi connectivity index (χ2v) is 12.7. The third kappa shape index (κ3) is 3.20. The number of benzene rings is 9. The zero-order chi connectivity index (χ0) is 28.1. The Balaban J connectivity index is 1.37. The maximum absolute atomic E-state index is 2.43. The lowest BCUT2D eigenvalue weighted by Gasteiger charge is -2.20. The summed E-state index contributed by atoms with van der Waals surface area (Å²) in [6, 6.07) is 54.3. The van der Waals surface area contributed by atoms with Crippen LogP contribution in [0.1, 0.15) is 0 Å². The molecule has 0 atom stereocenters. The van der Waals surface area contributed by atoms with E-state index in [0.717, 1.165) is 0 Å². The second-order valence-electron chi connectivity index (χ2n) is 11.6. The summed E-state index contributed by atoms with van der Waals surface area (Å²) in [6.07, 6.45) is 0. The lowest BCUT2D eigenvalue weighted by molar-refractivity contribution is 1.70. The second kappa shape index (κ2) is 8.64. The largest absolute Gasteiger partial charge is 0.135 e. The van der Waals surface area contributed by atoms with Gasteiger partial charge in [0.05, 0.1) is 0 Å². The summed E-state index contributed by atoms with van der Waals surface area (Å²) in [6.45, 7) is 0. The third-order valence-electron chi connectivity index (χ3n) is 9.37. The van der Waals surface area contributed by atoms with Gasteiger partial charge in [-0.2, -0.15) is 0 Å². The van der Waals surface area contributed by atoms with Crippen LogP contribution in [-0.4, -0.2) is 0 Å². The van der Waals surface area contributed by atoms with Crippen molar-refractivity contribution in [2.45, 2.75) is 0 Å². The fraction of sp³-hybridized carbons (Fsp3) is 0. The van der Waals surface area contributed by atoms with Gasteiger partial charge in [0, 0.05) is 20.2 Å². The molecule has 1 heterocycles. The van der Waals surface area contributed by atoms with Gasteiger partial charge in [0.1, 0.15) is 0 Å². The molecule has 0 aliphatic rings. The zero-order valence-corrected chi connectivity index (χ0v) is 24.1. The average molecular weight is 561 g/mol. The minimum Gasteiger partial charge on any atom is -0.135 e. The molecule has 9 aromatic carbocycles. The van der Waals surface area contributed by atoms with E-state index in [2.05, 4.69) is 146 Å². The van der Waals surface area contributed by atoms with Crippen molar-refractivity contribution in [3.8, 4) is 22.3 Å². The molecule has 0 saturated heterocycles. The van der Waals surface area contributed by atoms with Crippen LogP contribution < -0.4 is 0 Å². The van der Waals surface area contributed by atoms with Gasteiger partial charge < -0.3 is 0 Å². The monoisotopic (exact) mass is 560 g/mol. The van der Waals surface area contributed by atoms with Gasteiger partial charge in [-0.1, -0.05) is 121 Å². The van der Waals surface area contributed by atoms with Gasteiger partial charge in [0.2, 0.25) is 0 Å². The van der Waals surface area contributed by atoms with Gasteiger partial charge in [-0.25, -0.2) is 0 Å². The molecule has 0 bridgehead atoms. The van der Waals surface area contributed by atoms with E-state index in [1.54, 1.807) is 0 Å². The van der Waals surface area contributed by atoms with E-state index in [0.29, 0.717) is 0 Å². The molecule has 0 fully saturated rings. The fourth-order valence-electron chi connectivity index (χ4n) is 7.58. The first kappa shape index (κ1) is 23.3. The van der Waals surface area contributed by atoms with E-state index in [-0.39, 0.29) is 0 Å². The van der Waals surface area contributed by atoms with E-state index in [4.69, 9.17) is 0 Å². The first-order valence-electron chi connectivity index (χ1n) is 14.9. The van der Waals surface area contributed by atoms with Crippen LogP contribution in [0.15, 0.2) is 146 Å². The molecule has 0 N–H and O–H groups in total. The number of thiophene rings is 1. The summed E-state index contributed by atoms with van der Waals surface area (Å²) in [5.74, 6) is 0. The van der Waals surface area contributed by atoms with Crippen molar-refractivity contribution in [1.29, 1.82) is 0 Å². The van der Waals surface area contributed by atoms with E-state index in [1.165, 1.54) is 96.3 Å². The molecular weight excluding hydrogens is 537 g/mol. The summed E-state index contributed by atoms with van der Waals surface area (Å²) < 4.78 is 2.68. The van der Waals surface area contributed by atoms with Gasteiger partial charge in [-0.05, 0) is 100 Å². The first-order valence-corrected chi connectivity index (χ1v) is 15.7. The minimum absolute atomic E-state index is 1.27. The van der Waals surface area contributed by atoms with Crippen LogP contribution in [0.3, 0.4) is 0 Å². The quantitative estimate of drug-likeness (QED) is 0.146. The van der Waals surface area contributed by atoms with Crippen molar-refractivity contribution >= 4 is 85.4 Å². The Morgan fingerprint density at radius 2 is 0.884 bits per heavy atom. The predicted molar refractivity (Wildman–Crippen MR) is 189 cm³/mol. The van der Waals surface area contributed by atoms with Gasteiger partial charge in [-0.3, -0.25) is 0 Å². The normalized spacial score (nSPS) is 12.2. The number of rotatable bonds is 2. The molecule has 198 valence electrons.